The van der Waals surface area contributed by atoms with Crippen LogP contribution in [0.15, 0.2) is 5.03 Å². The van der Waals surface area contributed by atoms with E-state index in [4.69, 9.17) is 10.7 Å². The van der Waals surface area contributed by atoms with Gasteiger partial charge in [-0.25, -0.2) is 4.98 Å². The smallest absolute Gasteiger partial charge is 0.102 e. The van der Waals surface area contributed by atoms with Crippen LogP contribution in [-0.4, -0.2) is 10.7 Å². The number of rotatable bonds is 0. The first kappa shape index (κ1) is 9.52. The standard InChI is InChI=1S/C12H16N2S/c13-11-8-4-1-2-6-10(8)14-12-9(11)5-3-7-15-12/h1-7H2,(H2,13,14). The summed E-state index contributed by atoms with van der Waals surface area (Å²) in [6.45, 7) is 0. The van der Waals surface area contributed by atoms with E-state index in [-0.39, 0.29) is 0 Å². The number of hydrogen-bond acceptors (Lipinski definition) is 3. The molecule has 80 valence electrons. The summed E-state index contributed by atoms with van der Waals surface area (Å²) in [5.41, 5.74) is 11.3. The van der Waals surface area contributed by atoms with E-state index in [1.165, 1.54) is 46.9 Å². The summed E-state index contributed by atoms with van der Waals surface area (Å²) in [7, 11) is 0. The fraction of sp³-hybridized carbons (Fsp3) is 0.583. The summed E-state index contributed by atoms with van der Waals surface area (Å²) in [4.78, 5) is 4.80. The van der Waals surface area contributed by atoms with Gasteiger partial charge in [-0.1, -0.05) is 0 Å². The summed E-state index contributed by atoms with van der Waals surface area (Å²) < 4.78 is 0. The second kappa shape index (κ2) is 3.71. The van der Waals surface area contributed by atoms with Gasteiger partial charge in [0.25, 0.3) is 0 Å². The molecule has 2 aliphatic rings. The topological polar surface area (TPSA) is 38.9 Å². The third-order valence-corrected chi connectivity index (χ3v) is 4.50. The zero-order chi connectivity index (χ0) is 10.3. The Kier molecular flexibility index (Phi) is 2.35. The highest BCUT2D eigenvalue weighted by atomic mass is 32.2. The highest BCUT2D eigenvalue weighted by molar-refractivity contribution is 7.99. The Morgan fingerprint density at radius 1 is 1.00 bits per heavy atom. The number of fused-ring (bicyclic) bond motifs is 2. The van der Waals surface area contributed by atoms with Crippen LogP contribution < -0.4 is 5.73 Å². The predicted octanol–water partition coefficient (Wildman–Crippen LogP) is 2.58. The molecule has 2 N–H and O–H groups in total. The van der Waals surface area contributed by atoms with Crippen LogP contribution in [0.2, 0.25) is 0 Å². The van der Waals surface area contributed by atoms with Crippen molar-refractivity contribution in [3.05, 3.63) is 16.8 Å². The molecular formula is C12H16N2S. The zero-order valence-corrected chi connectivity index (χ0v) is 9.70. The van der Waals surface area contributed by atoms with Crippen LogP contribution >= 0.6 is 11.8 Å². The molecule has 1 aliphatic carbocycles. The molecule has 2 heterocycles. The Hall–Kier alpha value is -0.700. The summed E-state index contributed by atoms with van der Waals surface area (Å²) in [5.74, 6) is 1.21. The number of hydrogen-bond donors (Lipinski definition) is 1. The Balaban J connectivity index is 2.16. The molecular weight excluding hydrogens is 204 g/mol. The van der Waals surface area contributed by atoms with E-state index < -0.39 is 0 Å². The normalized spacial score (nSPS) is 19.5. The number of nitrogen functional groups attached to an aromatic ring is 1. The fourth-order valence-corrected chi connectivity index (χ4v) is 3.61. The van der Waals surface area contributed by atoms with Gasteiger partial charge < -0.3 is 5.73 Å². The summed E-state index contributed by atoms with van der Waals surface area (Å²) in [5, 5.41) is 1.22. The molecule has 0 unspecified atom stereocenters. The van der Waals surface area contributed by atoms with Crippen molar-refractivity contribution in [2.24, 2.45) is 0 Å². The maximum absolute atomic E-state index is 6.27. The Morgan fingerprint density at radius 2 is 1.80 bits per heavy atom. The van der Waals surface area contributed by atoms with Crippen LogP contribution in [0.1, 0.15) is 36.1 Å². The lowest BCUT2D eigenvalue weighted by Crippen LogP contribution is -2.14. The molecule has 0 atom stereocenters. The Bertz CT molecular complexity index is 367. The van der Waals surface area contributed by atoms with Crippen molar-refractivity contribution >= 4 is 17.4 Å². The van der Waals surface area contributed by atoms with E-state index in [1.54, 1.807) is 0 Å². The summed E-state index contributed by atoms with van der Waals surface area (Å²) in [6.07, 6.45) is 7.23. The van der Waals surface area contributed by atoms with Gasteiger partial charge in [-0.3, -0.25) is 0 Å². The summed E-state index contributed by atoms with van der Waals surface area (Å²) >= 11 is 1.88. The minimum atomic E-state index is 1.07. The van der Waals surface area contributed by atoms with E-state index in [9.17, 15) is 0 Å². The first-order chi connectivity index (χ1) is 7.36. The molecule has 1 aromatic rings. The van der Waals surface area contributed by atoms with E-state index >= 15 is 0 Å². The lowest BCUT2D eigenvalue weighted by atomic mass is 9.92. The quantitative estimate of drug-likeness (QED) is 0.730. The van der Waals surface area contributed by atoms with Crippen LogP contribution in [0, 0.1) is 0 Å². The molecule has 0 amide bonds. The van der Waals surface area contributed by atoms with Crippen molar-refractivity contribution in [3.63, 3.8) is 0 Å². The number of thioether (sulfide) groups is 1. The van der Waals surface area contributed by atoms with Crippen molar-refractivity contribution in [1.29, 1.82) is 0 Å². The molecule has 0 fully saturated rings. The minimum absolute atomic E-state index is 1.07. The SMILES string of the molecule is Nc1c2c(nc3c1CCCS3)CCCC2. The first-order valence-electron chi connectivity index (χ1n) is 5.79. The molecule has 1 aromatic heterocycles. The molecule has 3 heteroatoms. The highest BCUT2D eigenvalue weighted by Gasteiger charge is 2.21. The van der Waals surface area contributed by atoms with Gasteiger partial charge in [0.1, 0.15) is 5.03 Å². The minimum Gasteiger partial charge on any atom is -0.398 e. The van der Waals surface area contributed by atoms with Gasteiger partial charge in [-0.2, -0.15) is 0 Å². The molecule has 0 saturated heterocycles. The molecule has 0 aromatic carbocycles. The molecule has 2 nitrogen and oxygen atoms in total. The molecule has 3 rings (SSSR count). The second-order valence-electron chi connectivity index (χ2n) is 4.39. The molecule has 0 radical (unpaired) electrons. The molecule has 15 heavy (non-hydrogen) atoms. The molecule has 1 aliphatic heterocycles. The lowest BCUT2D eigenvalue weighted by molar-refractivity contribution is 0.656. The number of anilines is 1. The fourth-order valence-electron chi connectivity index (χ4n) is 2.57. The van der Waals surface area contributed by atoms with Crippen LogP contribution in [-0.2, 0) is 19.3 Å². The molecule has 0 spiro atoms. The maximum atomic E-state index is 6.27. The largest absolute Gasteiger partial charge is 0.398 e. The van der Waals surface area contributed by atoms with E-state index in [2.05, 4.69) is 0 Å². The summed E-state index contributed by atoms with van der Waals surface area (Å²) in [6, 6.07) is 0. The number of nitrogens with two attached hydrogens (primary N) is 1. The second-order valence-corrected chi connectivity index (χ2v) is 5.48. The molecule has 0 bridgehead atoms. The lowest BCUT2D eigenvalue weighted by Gasteiger charge is -2.23. The van der Waals surface area contributed by atoms with Gasteiger partial charge >= 0.3 is 0 Å². The predicted molar refractivity (Wildman–Crippen MR) is 64.3 cm³/mol. The third-order valence-electron chi connectivity index (χ3n) is 3.39. The van der Waals surface area contributed by atoms with Crippen LogP contribution in [0.5, 0.6) is 0 Å². The van der Waals surface area contributed by atoms with Crippen LogP contribution in [0.25, 0.3) is 0 Å². The van der Waals surface area contributed by atoms with Crippen molar-refractivity contribution < 1.29 is 0 Å². The third kappa shape index (κ3) is 1.53. The van der Waals surface area contributed by atoms with Crippen molar-refractivity contribution in [2.45, 2.75) is 43.6 Å². The number of nitrogens with zero attached hydrogens (tertiary/aromatic N) is 1. The van der Waals surface area contributed by atoms with Crippen molar-refractivity contribution in [1.82, 2.24) is 4.98 Å². The Labute approximate surface area is 94.7 Å². The van der Waals surface area contributed by atoms with Crippen molar-refractivity contribution in [2.75, 3.05) is 11.5 Å². The first-order valence-corrected chi connectivity index (χ1v) is 6.77. The van der Waals surface area contributed by atoms with Gasteiger partial charge in [0.15, 0.2) is 0 Å². The monoisotopic (exact) mass is 220 g/mol. The average molecular weight is 220 g/mol. The van der Waals surface area contributed by atoms with Gasteiger partial charge in [0.05, 0.1) is 0 Å². The van der Waals surface area contributed by atoms with Gasteiger partial charge in [0, 0.05) is 16.9 Å². The zero-order valence-electron chi connectivity index (χ0n) is 8.88. The average Bonchev–Trinajstić information content (AvgIpc) is 2.30. The van der Waals surface area contributed by atoms with Gasteiger partial charge in [-0.15, -0.1) is 11.8 Å². The van der Waals surface area contributed by atoms with Crippen molar-refractivity contribution in [3.8, 4) is 0 Å². The van der Waals surface area contributed by atoms with Gasteiger partial charge in [-0.05, 0) is 49.8 Å². The number of aromatic nitrogens is 1. The van der Waals surface area contributed by atoms with E-state index in [1.807, 2.05) is 11.8 Å². The van der Waals surface area contributed by atoms with Gasteiger partial charge in [0.2, 0.25) is 0 Å². The number of aryl methyl sites for hydroxylation is 1. The molecule has 0 saturated carbocycles. The maximum Gasteiger partial charge on any atom is 0.102 e. The Morgan fingerprint density at radius 3 is 2.73 bits per heavy atom. The number of pyridine rings is 1. The van der Waals surface area contributed by atoms with E-state index in [0.717, 1.165) is 24.9 Å². The highest BCUT2D eigenvalue weighted by Crippen LogP contribution is 2.37. The van der Waals surface area contributed by atoms with E-state index in [0.29, 0.717) is 0 Å². The van der Waals surface area contributed by atoms with Crippen LogP contribution in [0.4, 0.5) is 5.69 Å². The van der Waals surface area contributed by atoms with Crippen LogP contribution in [0.3, 0.4) is 0 Å².